The van der Waals surface area contributed by atoms with E-state index in [2.05, 4.69) is 64.6 Å². The summed E-state index contributed by atoms with van der Waals surface area (Å²) in [6, 6.07) is 43.2. The predicted molar refractivity (Wildman–Crippen MR) is 213 cm³/mol. The van der Waals surface area contributed by atoms with Gasteiger partial charge in [0.1, 0.15) is 0 Å². The van der Waals surface area contributed by atoms with Gasteiger partial charge in [-0.15, -0.1) is 0 Å². The van der Waals surface area contributed by atoms with Crippen LogP contribution in [0.5, 0.6) is 0 Å². The molecule has 8 bridgehead atoms. The lowest BCUT2D eigenvalue weighted by Crippen LogP contribution is -1.95. The third-order valence-electron chi connectivity index (χ3n) is 9.58. The number of benzene rings is 4. The van der Waals surface area contributed by atoms with Crippen LogP contribution in [0.15, 0.2) is 133 Å². The highest BCUT2D eigenvalue weighted by Crippen LogP contribution is 2.39. The number of aromatic nitrogens is 4. The Labute approximate surface area is 303 Å². The molecule has 252 valence electrons. The molecule has 2 aliphatic heterocycles. The maximum absolute atomic E-state index is 12.1. The van der Waals surface area contributed by atoms with Gasteiger partial charge >= 0.3 is 0 Å². The highest BCUT2D eigenvalue weighted by molar-refractivity contribution is 6.00. The van der Waals surface area contributed by atoms with Crippen LogP contribution >= 0.6 is 0 Å². The zero-order valence-electron chi connectivity index (χ0n) is 28.2. The molecule has 3 aromatic heterocycles. The number of aromatic amines is 2. The van der Waals surface area contributed by atoms with Crippen molar-refractivity contribution < 1.29 is 9.72 Å². The second-order valence-corrected chi connectivity index (χ2v) is 12.7. The van der Waals surface area contributed by atoms with E-state index in [0.29, 0.717) is 23.1 Å². The number of hydrogen-bond donors (Lipinski definition) is 2. The standard InChI is InChI=1S/C45H29N5O3/c51-27-32-26-31(16-25-41(32)50(52)53)45-39-23-21-37(48-39)43(29-12-6-2-7-13-29)35-19-17-33(46-35)42(28-10-4-1-5-11-28)34-18-20-36(47-34)44(30-14-8-3-9-15-30)38-22-24-40(45)49-38/h1-27,46,49H. The van der Waals surface area contributed by atoms with Crippen LogP contribution in [0.3, 0.4) is 0 Å². The fourth-order valence-corrected chi connectivity index (χ4v) is 7.21. The minimum Gasteiger partial charge on any atom is -0.354 e. The third kappa shape index (κ3) is 5.64. The number of nitro benzene ring substituents is 1. The Morgan fingerprint density at radius 3 is 1.17 bits per heavy atom. The zero-order chi connectivity index (χ0) is 35.9. The lowest BCUT2D eigenvalue weighted by atomic mass is 10.0. The highest BCUT2D eigenvalue weighted by atomic mass is 16.6. The summed E-state index contributed by atoms with van der Waals surface area (Å²) in [5, 5.41) is 11.8. The molecule has 4 aromatic carbocycles. The van der Waals surface area contributed by atoms with E-state index in [0.717, 1.165) is 72.5 Å². The largest absolute Gasteiger partial charge is 0.354 e. The van der Waals surface area contributed by atoms with E-state index in [1.54, 1.807) is 12.1 Å². The summed E-state index contributed by atoms with van der Waals surface area (Å²) < 4.78 is 0. The number of nitro groups is 1. The first-order chi connectivity index (χ1) is 26.1. The van der Waals surface area contributed by atoms with E-state index in [9.17, 15) is 14.9 Å². The molecule has 8 heteroatoms. The second kappa shape index (κ2) is 13.0. The maximum atomic E-state index is 12.1. The monoisotopic (exact) mass is 687 g/mol. The van der Waals surface area contributed by atoms with E-state index in [4.69, 9.17) is 9.97 Å². The van der Waals surface area contributed by atoms with Crippen molar-refractivity contribution >= 4 is 58.3 Å². The number of rotatable bonds is 6. The molecule has 9 rings (SSSR count). The van der Waals surface area contributed by atoms with Crippen LogP contribution in [0.1, 0.15) is 33.1 Å². The van der Waals surface area contributed by atoms with Gasteiger partial charge in [-0.05, 0) is 83.0 Å². The fraction of sp³-hybridized carbons (Fsp3) is 0. The lowest BCUT2D eigenvalue weighted by molar-refractivity contribution is -0.385. The second-order valence-electron chi connectivity index (χ2n) is 12.7. The minimum atomic E-state index is -0.544. The van der Waals surface area contributed by atoms with Gasteiger partial charge in [-0.2, -0.15) is 0 Å². The van der Waals surface area contributed by atoms with Crippen molar-refractivity contribution in [2.75, 3.05) is 0 Å². The summed E-state index contributed by atoms with van der Waals surface area (Å²) in [5.41, 5.74) is 13.1. The van der Waals surface area contributed by atoms with Gasteiger partial charge in [0.25, 0.3) is 5.69 Å². The van der Waals surface area contributed by atoms with Crippen LogP contribution in [0.25, 0.3) is 90.9 Å². The molecule has 0 radical (unpaired) electrons. The first-order valence-electron chi connectivity index (χ1n) is 17.1. The zero-order valence-corrected chi connectivity index (χ0v) is 28.2. The van der Waals surface area contributed by atoms with E-state index < -0.39 is 4.92 Å². The van der Waals surface area contributed by atoms with Gasteiger partial charge in [-0.3, -0.25) is 14.9 Å². The van der Waals surface area contributed by atoms with Gasteiger partial charge in [0, 0.05) is 50.4 Å². The van der Waals surface area contributed by atoms with E-state index in [-0.39, 0.29) is 11.3 Å². The summed E-state index contributed by atoms with van der Waals surface area (Å²) in [4.78, 5) is 41.3. The normalized spacial score (nSPS) is 11.8. The number of nitrogens with zero attached hydrogens (tertiary/aromatic N) is 3. The van der Waals surface area contributed by atoms with Crippen LogP contribution in [0.4, 0.5) is 5.69 Å². The SMILES string of the molecule is O=Cc1cc(-c2c3nc(c(-c4ccccc4)c4ccc([nH]4)c(-c4ccccc4)c4nc(c(-c5ccccc5)c5ccc2[nH]5)C=C4)C=C3)ccc1[N+](=O)[O-]. The molecular weight excluding hydrogens is 659 g/mol. The molecule has 0 atom stereocenters. The molecule has 0 fully saturated rings. The van der Waals surface area contributed by atoms with Crippen molar-refractivity contribution in [3.8, 4) is 44.5 Å². The van der Waals surface area contributed by atoms with E-state index in [1.807, 2.05) is 85.0 Å². The fourth-order valence-electron chi connectivity index (χ4n) is 7.21. The number of fused-ring (bicyclic) bond motifs is 8. The number of carbonyl (C=O) groups is 1. The maximum Gasteiger partial charge on any atom is 0.279 e. The van der Waals surface area contributed by atoms with Crippen LogP contribution in [0, 0.1) is 10.1 Å². The lowest BCUT2D eigenvalue weighted by Gasteiger charge is -2.07. The first kappa shape index (κ1) is 31.5. The van der Waals surface area contributed by atoms with Crippen molar-refractivity contribution in [1.29, 1.82) is 0 Å². The van der Waals surface area contributed by atoms with Gasteiger partial charge in [0.05, 0.1) is 33.3 Å². The summed E-state index contributed by atoms with van der Waals surface area (Å²) >= 11 is 0. The molecule has 0 saturated heterocycles. The Balaban J connectivity index is 1.47. The molecule has 2 aliphatic rings. The van der Waals surface area contributed by atoms with Crippen molar-refractivity contribution in [1.82, 2.24) is 19.9 Å². The average Bonchev–Trinajstić information content (AvgIpc) is 4.04. The Bertz CT molecular complexity index is 2780. The van der Waals surface area contributed by atoms with Crippen molar-refractivity contribution in [2.24, 2.45) is 0 Å². The predicted octanol–water partition coefficient (Wildman–Crippen LogP) is 11.0. The minimum absolute atomic E-state index is 0.0170. The van der Waals surface area contributed by atoms with E-state index >= 15 is 0 Å². The van der Waals surface area contributed by atoms with Crippen LogP contribution < -0.4 is 0 Å². The number of aldehydes is 1. The number of carbonyl (C=O) groups excluding carboxylic acids is 1. The molecular formula is C45H29N5O3. The first-order valence-corrected chi connectivity index (χ1v) is 17.1. The molecule has 0 amide bonds. The van der Waals surface area contributed by atoms with Crippen LogP contribution in [0.2, 0.25) is 0 Å². The summed E-state index contributed by atoms with van der Waals surface area (Å²) in [6.45, 7) is 0. The van der Waals surface area contributed by atoms with Crippen LogP contribution in [-0.2, 0) is 0 Å². The quantitative estimate of drug-likeness (QED) is 0.102. The third-order valence-corrected chi connectivity index (χ3v) is 9.58. The van der Waals surface area contributed by atoms with Gasteiger partial charge in [0.15, 0.2) is 6.29 Å². The molecule has 53 heavy (non-hydrogen) atoms. The average molecular weight is 688 g/mol. The Morgan fingerprint density at radius 1 is 0.472 bits per heavy atom. The number of hydrogen-bond acceptors (Lipinski definition) is 5. The molecule has 5 heterocycles. The molecule has 0 unspecified atom stereocenters. The van der Waals surface area contributed by atoms with Crippen molar-refractivity contribution in [3.63, 3.8) is 0 Å². The van der Waals surface area contributed by atoms with Gasteiger partial charge in [-0.25, -0.2) is 9.97 Å². The molecule has 0 saturated carbocycles. The summed E-state index contributed by atoms with van der Waals surface area (Å²) in [6.07, 6.45) is 8.57. The van der Waals surface area contributed by atoms with Crippen molar-refractivity contribution in [3.05, 3.63) is 172 Å². The van der Waals surface area contributed by atoms with Gasteiger partial charge in [-0.1, -0.05) is 91.0 Å². The summed E-state index contributed by atoms with van der Waals surface area (Å²) in [7, 11) is 0. The summed E-state index contributed by atoms with van der Waals surface area (Å²) in [5.74, 6) is 0. The molecule has 7 aromatic rings. The highest BCUT2D eigenvalue weighted by Gasteiger charge is 2.20. The van der Waals surface area contributed by atoms with Crippen molar-refractivity contribution in [2.45, 2.75) is 0 Å². The Kier molecular flexibility index (Phi) is 7.75. The topological polar surface area (TPSA) is 118 Å². The molecule has 8 nitrogen and oxygen atoms in total. The van der Waals surface area contributed by atoms with E-state index in [1.165, 1.54) is 6.07 Å². The molecule has 0 spiro atoms. The smallest absolute Gasteiger partial charge is 0.279 e. The van der Waals surface area contributed by atoms with Crippen LogP contribution in [-0.4, -0.2) is 31.1 Å². The molecule has 2 N–H and O–H groups in total. The van der Waals surface area contributed by atoms with Gasteiger partial charge < -0.3 is 9.97 Å². The number of H-pyrrole nitrogens is 2. The number of nitrogens with one attached hydrogen (secondary N) is 2. The molecule has 0 aliphatic carbocycles. The van der Waals surface area contributed by atoms with Gasteiger partial charge in [0.2, 0.25) is 0 Å². The Morgan fingerprint density at radius 2 is 0.830 bits per heavy atom. The Hall–Kier alpha value is -7.45.